The average molecular weight is 315 g/mol. The van der Waals surface area contributed by atoms with E-state index in [2.05, 4.69) is 4.98 Å². The van der Waals surface area contributed by atoms with Crippen LogP contribution in [0.1, 0.15) is 15.9 Å². The molecule has 0 aliphatic rings. The van der Waals surface area contributed by atoms with Gasteiger partial charge in [-0.2, -0.15) is 0 Å². The molecule has 0 bridgehead atoms. The Bertz CT molecular complexity index is 974. The van der Waals surface area contributed by atoms with Crippen molar-refractivity contribution in [3.63, 3.8) is 0 Å². The molecule has 0 spiro atoms. The van der Waals surface area contributed by atoms with E-state index in [1.807, 2.05) is 78.9 Å². The SMILES string of the molecule is O=C(c1ccccc1)c1ccc2nc(-c3ccccc3)sc2c1. The van der Waals surface area contributed by atoms with Gasteiger partial charge in [-0.1, -0.05) is 60.7 Å². The maximum Gasteiger partial charge on any atom is 0.193 e. The van der Waals surface area contributed by atoms with Gasteiger partial charge in [0.05, 0.1) is 10.2 Å². The number of hydrogen-bond donors (Lipinski definition) is 0. The fourth-order valence-electron chi connectivity index (χ4n) is 2.53. The summed E-state index contributed by atoms with van der Waals surface area (Å²) >= 11 is 1.61. The molecule has 0 atom stereocenters. The van der Waals surface area contributed by atoms with E-state index in [9.17, 15) is 4.79 Å². The minimum absolute atomic E-state index is 0.0437. The van der Waals surface area contributed by atoms with E-state index in [4.69, 9.17) is 0 Å². The summed E-state index contributed by atoms with van der Waals surface area (Å²) in [4.78, 5) is 17.2. The van der Waals surface area contributed by atoms with E-state index in [1.165, 1.54) is 0 Å². The second-order valence-electron chi connectivity index (χ2n) is 5.26. The zero-order chi connectivity index (χ0) is 15.6. The topological polar surface area (TPSA) is 30.0 Å². The molecular weight excluding hydrogens is 302 g/mol. The number of fused-ring (bicyclic) bond motifs is 1. The highest BCUT2D eigenvalue weighted by Gasteiger charge is 2.12. The fourth-order valence-corrected chi connectivity index (χ4v) is 3.54. The average Bonchev–Trinajstić information content (AvgIpc) is 3.06. The molecule has 0 saturated carbocycles. The predicted octanol–water partition coefficient (Wildman–Crippen LogP) is 5.19. The summed E-state index contributed by atoms with van der Waals surface area (Å²) in [5, 5.41) is 0.977. The molecule has 1 heterocycles. The maximum absolute atomic E-state index is 12.6. The lowest BCUT2D eigenvalue weighted by Crippen LogP contribution is -2.00. The molecule has 0 saturated heterocycles. The predicted molar refractivity (Wildman–Crippen MR) is 94.9 cm³/mol. The fraction of sp³-hybridized carbons (Fsp3) is 0. The van der Waals surface area contributed by atoms with Crippen LogP contribution in [-0.4, -0.2) is 10.8 Å². The third kappa shape index (κ3) is 2.67. The molecular formula is C20H13NOS. The summed E-state index contributed by atoms with van der Waals surface area (Å²) in [6.07, 6.45) is 0. The maximum atomic E-state index is 12.6. The summed E-state index contributed by atoms with van der Waals surface area (Å²) in [6.45, 7) is 0. The molecule has 4 aromatic rings. The van der Waals surface area contributed by atoms with Gasteiger partial charge in [0.2, 0.25) is 0 Å². The number of nitrogens with zero attached hydrogens (tertiary/aromatic N) is 1. The number of benzene rings is 3. The summed E-state index contributed by atoms with van der Waals surface area (Å²) in [6, 6.07) is 25.2. The Balaban J connectivity index is 1.75. The summed E-state index contributed by atoms with van der Waals surface area (Å²) < 4.78 is 1.03. The van der Waals surface area contributed by atoms with Crippen molar-refractivity contribution in [1.29, 1.82) is 0 Å². The highest BCUT2D eigenvalue weighted by molar-refractivity contribution is 7.21. The number of aromatic nitrogens is 1. The third-order valence-electron chi connectivity index (χ3n) is 3.71. The van der Waals surface area contributed by atoms with Gasteiger partial charge < -0.3 is 0 Å². The van der Waals surface area contributed by atoms with Gasteiger partial charge in [0.15, 0.2) is 5.78 Å². The Morgan fingerprint density at radius 1 is 0.783 bits per heavy atom. The third-order valence-corrected chi connectivity index (χ3v) is 4.77. The first-order valence-corrected chi connectivity index (χ1v) is 8.19. The van der Waals surface area contributed by atoms with Gasteiger partial charge >= 0.3 is 0 Å². The summed E-state index contributed by atoms with van der Waals surface area (Å²) in [7, 11) is 0. The van der Waals surface area contributed by atoms with Gasteiger partial charge in [0, 0.05) is 16.7 Å². The van der Waals surface area contributed by atoms with Crippen LogP contribution in [0.2, 0.25) is 0 Å². The molecule has 4 rings (SSSR count). The van der Waals surface area contributed by atoms with Gasteiger partial charge in [-0.25, -0.2) is 4.98 Å². The highest BCUT2D eigenvalue weighted by atomic mass is 32.1. The Hall–Kier alpha value is -2.78. The molecule has 0 amide bonds. The Labute approximate surface area is 138 Å². The van der Waals surface area contributed by atoms with Gasteiger partial charge in [0.25, 0.3) is 0 Å². The molecule has 0 N–H and O–H groups in total. The van der Waals surface area contributed by atoms with Crippen molar-refractivity contribution in [2.75, 3.05) is 0 Å². The van der Waals surface area contributed by atoms with E-state index >= 15 is 0 Å². The quantitative estimate of drug-likeness (QED) is 0.487. The van der Waals surface area contributed by atoms with Crippen LogP contribution in [-0.2, 0) is 0 Å². The lowest BCUT2D eigenvalue weighted by molar-refractivity contribution is 0.103. The molecule has 3 heteroatoms. The van der Waals surface area contributed by atoms with Crippen molar-refractivity contribution in [1.82, 2.24) is 4.98 Å². The lowest BCUT2D eigenvalue weighted by Gasteiger charge is -2.00. The van der Waals surface area contributed by atoms with Crippen LogP contribution < -0.4 is 0 Å². The first-order valence-electron chi connectivity index (χ1n) is 7.37. The standard InChI is InChI=1S/C20H13NOS/c22-19(14-7-3-1-4-8-14)16-11-12-17-18(13-16)23-20(21-17)15-9-5-2-6-10-15/h1-13H. The molecule has 0 aliphatic heterocycles. The number of carbonyl (C=O) groups excluding carboxylic acids is 1. The Kier molecular flexibility index (Phi) is 3.48. The molecule has 1 aromatic heterocycles. The van der Waals surface area contributed by atoms with Crippen LogP contribution >= 0.6 is 11.3 Å². The molecule has 110 valence electrons. The van der Waals surface area contributed by atoms with Crippen LogP contribution in [0.5, 0.6) is 0 Å². The summed E-state index contributed by atoms with van der Waals surface area (Å²) in [5.74, 6) is 0.0437. The first kappa shape index (κ1) is 13.9. The summed E-state index contributed by atoms with van der Waals surface area (Å²) in [5.41, 5.74) is 3.44. The van der Waals surface area contributed by atoms with E-state index in [1.54, 1.807) is 11.3 Å². The van der Waals surface area contributed by atoms with Crippen molar-refractivity contribution >= 4 is 27.3 Å². The number of ketones is 1. The zero-order valence-electron chi connectivity index (χ0n) is 12.3. The van der Waals surface area contributed by atoms with E-state index in [0.29, 0.717) is 11.1 Å². The van der Waals surface area contributed by atoms with E-state index in [-0.39, 0.29) is 5.78 Å². The van der Waals surface area contributed by atoms with Crippen LogP contribution in [0.15, 0.2) is 78.9 Å². The van der Waals surface area contributed by atoms with Crippen molar-refractivity contribution in [3.8, 4) is 10.6 Å². The van der Waals surface area contributed by atoms with Crippen molar-refractivity contribution in [2.24, 2.45) is 0 Å². The number of rotatable bonds is 3. The smallest absolute Gasteiger partial charge is 0.193 e. The van der Waals surface area contributed by atoms with Gasteiger partial charge in [-0.05, 0) is 18.2 Å². The minimum atomic E-state index is 0.0437. The van der Waals surface area contributed by atoms with Gasteiger partial charge in [-0.3, -0.25) is 4.79 Å². The minimum Gasteiger partial charge on any atom is -0.289 e. The molecule has 0 radical (unpaired) electrons. The van der Waals surface area contributed by atoms with Crippen molar-refractivity contribution < 1.29 is 4.79 Å². The van der Waals surface area contributed by atoms with Gasteiger partial charge in [0.1, 0.15) is 5.01 Å². The first-order chi connectivity index (χ1) is 11.3. The molecule has 0 fully saturated rings. The van der Waals surface area contributed by atoms with E-state index in [0.717, 1.165) is 20.8 Å². The van der Waals surface area contributed by atoms with Crippen LogP contribution in [0, 0.1) is 0 Å². The van der Waals surface area contributed by atoms with Crippen LogP contribution in [0.25, 0.3) is 20.8 Å². The van der Waals surface area contributed by atoms with Crippen LogP contribution in [0.3, 0.4) is 0 Å². The van der Waals surface area contributed by atoms with Crippen molar-refractivity contribution in [3.05, 3.63) is 90.0 Å². The van der Waals surface area contributed by atoms with Gasteiger partial charge in [-0.15, -0.1) is 11.3 Å². The number of hydrogen-bond acceptors (Lipinski definition) is 3. The number of carbonyl (C=O) groups is 1. The second-order valence-corrected chi connectivity index (χ2v) is 6.29. The molecule has 0 unspecified atom stereocenters. The van der Waals surface area contributed by atoms with Crippen molar-refractivity contribution in [2.45, 2.75) is 0 Å². The normalized spacial score (nSPS) is 10.8. The number of thiazole rings is 1. The molecule has 2 nitrogen and oxygen atoms in total. The van der Waals surface area contributed by atoms with E-state index < -0.39 is 0 Å². The lowest BCUT2D eigenvalue weighted by atomic mass is 10.0. The second kappa shape index (κ2) is 5.78. The Morgan fingerprint density at radius 2 is 1.48 bits per heavy atom. The molecule has 0 aliphatic carbocycles. The highest BCUT2D eigenvalue weighted by Crippen LogP contribution is 2.30. The van der Waals surface area contributed by atoms with Crippen LogP contribution in [0.4, 0.5) is 0 Å². The largest absolute Gasteiger partial charge is 0.289 e. The molecule has 3 aromatic carbocycles. The molecule has 23 heavy (non-hydrogen) atoms. The zero-order valence-corrected chi connectivity index (χ0v) is 13.1. The monoisotopic (exact) mass is 315 g/mol. The Morgan fingerprint density at radius 3 is 2.22 bits per heavy atom.